The van der Waals surface area contributed by atoms with Gasteiger partial charge in [-0.2, -0.15) is 0 Å². The number of aliphatic carboxylic acids is 5. The number of carboxylic acid groups (broad SMARTS) is 5. The predicted molar refractivity (Wildman–Crippen MR) is 90.0 cm³/mol. The average molecular weight is 380 g/mol. The Morgan fingerprint density at radius 1 is 0.462 bits per heavy atom. The van der Waals surface area contributed by atoms with Crippen molar-refractivity contribution in [3.05, 3.63) is 0 Å². The highest BCUT2D eigenvalue weighted by molar-refractivity contribution is 5.68. The number of carboxylic acids is 5. The van der Waals surface area contributed by atoms with Gasteiger partial charge in [0.15, 0.2) is 0 Å². The first-order valence-electron chi connectivity index (χ1n) is 8.05. The molecule has 5 N–H and O–H groups in total. The number of carbonyl (C=O) groups is 5. The summed E-state index contributed by atoms with van der Waals surface area (Å²) in [4.78, 5) is 48.9. The zero-order valence-corrected chi connectivity index (χ0v) is 14.8. The molecule has 0 unspecified atom stereocenters. The fourth-order valence-electron chi connectivity index (χ4n) is 1.46. The number of hydrogen-bond acceptors (Lipinski definition) is 5. The van der Waals surface area contributed by atoms with Crippen LogP contribution in [0.25, 0.3) is 0 Å². The molecular formula is C16H28O10. The van der Waals surface area contributed by atoms with Gasteiger partial charge in [0.05, 0.1) is 0 Å². The van der Waals surface area contributed by atoms with Gasteiger partial charge in [-0.05, 0) is 25.7 Å². The lowest BCUT2D eigenvalue weighted by Crippen LogP contribution is -1.97. The van der Waals surface area contributed by atoms with Gasteiger partial charge in [-0.1, -0.05) is 12.8 Å². The van der Waals surface area contributed by atoms with Crippen LogP contribution >= 0.6 is 0 Å². The minimum atomic E-state index is -0.870. The van der Waals surface area contributed by atoms with Crippen LogP contribution in [0.1, 0.15) is 71.1 Å². The monoisotopic (exact) mass is 380 g/mol. The topological polar surface area (TPSA) is 186 Å². The Labute approximate surface area is 151 Å². The van der Waals surface area contributed by atoms with Crippen molar-refractivity contribution in [2.75, 3.05) is 0 Å². The van der Waals surface area contributed by atoms with Crippen molar-refractivity contribution in [3.63, 3.8) is 0 Å². The average Bonchev–Trinajstić information content (AvgIpc) is 2.46. The normalized spacial score (nSPS) is 8.96. The predicted octanol–water partition coefficient (Wildman–Crippen LogP) is 2.30. The molecule has 26 heavy (non-hydrogen) atoms. The molecule has 0 aromatic heterocycles. The summed E-state index contributed by atoms with van der Waals surface area (Å²) in [6.07, 6.45) is 4.30. The van der Waals surface area contributed by atoms with E-state index in [9.17, 15) is 19.2 Å². The van der Waals surface area contributed by atoms with E-state index in [2.05, 4.69) is 0 Å². The van der Waals surface area contributed by atoms with Crippen molar-refractivity contribution >= 4 is 29.8 Å². The van der Waals surface area contributed by atoms with Gasteiger partial charge in [-0.15, -0.1) is 0 Å². The zero-order valence-electron chi connectivity index (χ0n) is 14.8. The van der Waals surface area contributed by atoms with Crippen molar-refractivity contribution in [3.8, 4) is 0 Å². The second-order valence-electron chi connectivity index (χ2n) is 5.22. The van der Waals surface area contributed by atoms with Gasteiger partial charge in [0.25, 0.3) is 5.97 Å². The first-order chi connectivity index (χ1) is 12.0. The van der Waals surface area contributed by atoms with Crippen molar-refractivity contribution in [1.29, 1.82) is 0 Å². The third kappa shape index (κ3) is 49.6. The Morgan fingerprint density at radius 2 is 0.615 bits per heavy atom. The Hall–Kier alpha value is -2.65. The molecule has 0 aliphatic heterocycles. The molecule has 0 amide bonds. The molecular weight excluding hydrogens is 352 g/mol. The lowest BCUT2D eigenvalue weighted by Gasteiger charge is -1.96. The summed E-state index contributed by atoms with van der Waals surface area (Å²) in [5.41, 5.74) is 0. The highest BCUT2D eigenvalue weighted by Crippen LogP contribution is 2.04. The molecule has 152 valence electrons. The van der Waals surface area contributed by atoms with Gasteiger partial charge in [-0.3, -0.25) is 24.0 Å². The summed E-state index contributed by atoms with van der Waals surface area (Å²) in [7, 11) is 0. The van der Waals surface area contributed by atoms with E-state index in [0.29, 0.717) is 25.7 Å². The Kier molecular flexibility index (Phi) is 22.1. The van der Waals surface area contributed by atoms with Crippen LogP contribution in [-0.2, 0) is 24.0 Å². The molecule has 0 saturated carbocycles. The highest BCUT2D eigenvalue weighted by atomic mass is 16.4. The Bertz CT molecular complexity index is 393. The number of hydrogen-bond donors (Lipinski definition) is 5. The van der Waals surface area contributed by atoms with Crippen molar-refractivity contribution in [1.82, 2.24) is 0 Å². The second-order valence-corrected chi connectivity index (χ2v) is 5.22. The first kappa shape index (κ1) is 28.2. The van der Waals surface area contributed by atoms with Crippen molar-refractivity contribution < 1.29 is 49.5 Å². The summed E-state index contributed by atoms with van der Waals surface area (Å²) in [5.74, 6) is -4.14. The van der Waals surface area contributed by atoms with Gasteiger partial charge in [0.2, 0.25) is 0 Å². The van der Waals surface area contributed by atoms with Crippen LogP contribution in [-0.4, -0.2) is 55.4 Å². The van der Waals surface area contributed by atoms with Gasteiger partial charge in [-0.25, -0.2) is 0 Å². The molecule has 0 bridgehead atoms. The third-order valence-electron chi connectivity index (χ3n) is 2.56. The van der Waals surface area contributed by atoms with E-state index >= 15 is 0 Å². The molecule has 0 heterocycles. The summed E-state index contributed by atoms with van der Waals surface area (Å²) >= 11 is 0. The van der Waals surface area contributed by atoms with Crippen LogP contribution in [0.2, 0.25) is 0 Å². The number of rotatable bonds is 12. The quantitative estimate of drug-likeness (QED) is 0.314. The van der Waals surface area contributed by atoms with Crippen LogP contribution in [0.15, 0.2) is 0 Å². The lowest BCUT2D eigenvalue weighted by atomic mass is 10.1. The van der Waals surface area contributed by atoms with Gasteiger partial charge in [0.1, 0.15) is 0 Å². The minimum Gasteiger partial charge on any atom is -0.481 e. The molecule has 0 aliphatic carbocycles. The highest BCUT2D eigenvalue weighted by Gasteiger charge is 1.99. The SMILES string of the molecule is CC(=O)O.O=C(O)CCCCC(=O)O.O=C(O)CCCCCCC(=O)O. The summed E-state index contributed by atoms with van der Waals surface area (Å²) in [5, 5.41) is 40.2. The van der Waals surface area contributed by atoms with Crippen LogP contribution < -0.4 is 0 Å². The standard InChI is InChI=1S/C8H14O4.C6H10O4.C2H4O2/c9-7(10)5-3-1-2-4-6-8(11)12;7-5(8)3-1-2-4-6(9)10;1-2(3)4/h1-6H2,(H,9,10)(H,11,12);1-4H2,(H,7,8)(H,9,10);1H3,(H,3,4). The summed E-state index contributed by atoms with van der Waals surface area (Å²) < 4.78 is 0. The molecule has 0 atom stereocenters. The third-order valence-corrected chi connectivity index (χ3v) is 2.56. The zero-order chi connectivity index (χ0) is 21.0. The van der Waals surface area contributed by atoms with E-state index in [1.807, 2.05) is 0 Å². The molecule has 0 radical (unpaired) electrons. The van der Waals surface area contributed by atoms with Gasteiger partial charge in [0, 0.05) is 32.6 Å². The van der Waals surface area contributed by atoms with E-state index in [-0.39, 0.29) is 25.7 Å². The van der Waals surface area contributed by atoms with Crippen LogP contribution in [0, 0.1) is 0 Å². The molecule has 0 aromatic carbocycles. The molecule has 0 saturated heterocycles. The van der Waals surface area contributed by atoms with Gasteiger partial charge < -0.3 is 25.5 Å². The Balaban J connectivity index is -0.000000341. The van der Waals surface area contributed by atoms with Crippen LogP contribution in [0.5, 0.6) is 0 Å². The summed E-state index contributed by atoms with van der Waals surface area (Å²) in [6.45, 7) is 1.08. The van der Waals surface area contributed by atoms with E-state index in [1.165, 1.54) is 0 Å². The fraction of sp³-hybridized carbons (Fsp3) is 0.688. The number of unbranched alkanes of at least 4 members (excludes halogenated alkanes) is 4. The van der Waals surface area contributed by atoms with Gasteiger partial charge >= 0.3 is 23.9 Å². The first-order valence-corrected chi connectivity index (χ1v) is 8.05. The van der Waals surface area contributed by atoms with E-state index < -0.39 is 29.8 Å². The van der Waals surface area contributed by atoms with Crippen LogP contribution in [0.4, 0.5) is 0 Å². The molecule has 0 aromatic rings. The smallest absolute Gasteiger partial charge is 0.303 e. The maximum Gasteiger partial charge on any atom is 0.303 e. The van der Waals surface area contributed by atoms with E-state index in [4.69, 9.17) is 30.3 Å². The molecule has 0 rings (SSSR count). The summed E-state index contributed by atoms with van der Waals surface area (Å²) in [6, 6.07) is 0. The maximum atomic E-state index is 10.0. The van der Waals surface area contributed by atoms with E-state index in [0.717, 1.165) is 19.8 Å². The molecule has 0 fully saturated rings. The van der Waals surface area contributed by atoms with Crippen molar-refractivity contribution in [2.24, 2.45) is 0 Å². The molecule has 0 aliphatic rings. The maximum absolute atomic E-state index is 10.0. The molecule has 0 spiro atoms. The van der Waals surface area contributed by atoms with E-state index in [1.54, 1.807) is 0 Å². The second kappa shape index (κ2) is 20.4. The van der Waals surface area contributed by atoms with Crippen molar-refractivity contribution in [2.45, 2.75) is 71.1 Å². The van der Waals surface area contributed by atoms with Crippen LogP contribution in [0.3, 0.4) is 0 Å². The lowest BCUT2D eigenvalue weighted by molar-refractivity contribution is -0.139. The fourth-order valence-corrected chi connectivity index (χ4v) is 1.46. The largest absolute Gasteiger partial charge is 0.481 e. The Morgan fingerprint density at radius 3 is 0.769 bits per heavy atom. The molecule has 10 nitrogen and oxygen atoms in total. The molecule has 10 heteroatoms. The minimum absolute atomic E-state index is 0.0628.